The topological polar surface area (TPSA) is 38.7 Å². The second-order valence-corrected chi connectivity index (χ2v) is 3.88. The highest BCUT2D eigenvalue weighted by molar-refractivity contribution is 14.1. The highest BCUT2D eigenvalue weighted by Gasteiger charge is 1.93. The molecule has 3 nitrogen and oxygen atoms in total. The van der Waals surface area contributed by atoms with Crippen LogP contribution in [0.15, 0.2) is 24.3 Å². The Hall–Kier alpha value is -0.330. The Labute approximate surface area is 97.2 Å². The molecule has 14 heavy (non-hydrogen) atoms. The Balaban J connectivity index is 2.15. The van der Waals surface area contributed by atoms with Crippen molar-refractivity contribution < 1.29 is 14.6 Å². The van der Waals surface area contributed by atoms with Crippen molar-refractivity contribution in [3.63, 3.8) is 0 Å². The van der Waals surface area contributed by atoms with Crippen LogP contribution in [0, 0.1) is 3.57 Å². The number of aliphatic hydroxyl groups is 1. The van der Waals surface area contributed by atoms with Crippen molar-refractivity contribution in [2.75, 3.05) is 26.4 Å². The van der Waals surface area contributed by atoms with E-state index in [4.69, 9.17) is 14.6 Å². The number of halogens is 1. The predicted octanol–water partition coefficient (Wildman–Crippen LogP) is 1.68. The van der Waals surface area contributed by atoms with E-state index in [1.165, 1.54) is 3.57 Å². The number of benzene rings is 1. The van der Waals surface area contributed by atoms with Crippen LogP contribution in [0.4, 0.5) is 0 Å². The minimum Gasteiger partial charge on any atom is -0.491 e. The predicted molar refractivity (Wildman–Crippen MR) is 62.6 cm³/mol. The number of aliphatic hydroxyl groups excluding tert-OH is 1. The van der Waals surface area contributed by atoms with Gasteiger partial charge in [0.2, 0.25) is 0 Å². The van der Waals surface area contributed by atoms with Gasteiger partial charge in [-0.3, -0.25) is 0 Å². The summed E-state index contributed by atoms with van der Waals surface area (Å²) in [4.78, 5) is 0. The molecule has 0 aliphatic carbocycles. The maximum atomic E-state index is 8.45. The Morgan fingerprint density at radius 2 is 1.79 bits per heavy atom. The van der Waals surface area contributed by atoms with Crippen LogP contribution >= 0.6 is 22.6 Å². The van der Waals surface area contributed by atoms with Crippen LogP contribution in [0.3, 0.4) is 0 Å². The standard InChI is InChI=1S/C10H13IO3/c11-9-1-3-10(4-2-9)14-8-7-13-6-5-12/h1-4,12H,5-8H2. The summed E-state index contributed by atoms with van der Waals surface area (Å²) < 4.78 is 11.6. The lowest BCUT2D eigenvalue weighted by Gasteiger charge is -2.06. The number of hydrogen-bond acceptors (Lipinski definition) is 3. The number of rotatable bonds is 6. The molecular weight excluding hydrogens is 295 g/mol. The molecule has 0 saturated carbocycles. The lowest BCUT2D eigenvalue weighted by molar-refractivity contribution is 0.0705. The zero-order chi connectivity index (χ0) is 10.2. The third kappa shape index (κ3) is 4.78. The minimum absolute atomic E-state index is 0.0591. The van der Waals surface area contributed by atoms with Crippen molar-refractivity contribution in [1.29, 1.82) is 0 Å². The van der Waals surface area contributed by atoms with Gasteiger partial charge in [-0.2, -0.15) is 0 Å². The van der Waals surface area contributed by atoms with Gasteiger partial charge in [0, 0.05) is 3.57 Å². The summed E-state index contributed by atoms with van der Waals surface area (Å²) in [6.45, 7) is 1.45. The highest BCUT2D eigenvalue weighted by Crippen LogP contribution is 2.12. The summed E-state index contributed by atoms with van der Waals surface area (Å²) in [5.41, 5.74) is 0. The molecule has 0 bridgehead atoms. The summed E-state index contributed by atoms with van der Waals surface area (Å²) in [5, 5.41) is 8.45. The lowest BCUT2D eigenvalue weighted by Crippen LogP contribution is -2.08. The molecule has 1 aromatic carbocycles. The van der Waals surface area contributed by atoms with Crippen LogP contribution in [0.1, 0.15) is 0 Å². The van der Waals surface area contributed by atoms with Gasteiger partial charge >= 0.3 is 0 Å². The van der Waals surface area contributed by atoms with Crippen LogP contribution in [0.25, 0.3) is 0 Å². The van der Waals surface area contributed by atoms with E-state index in [0.717, 1.165) is 5.75 Å². The maximum absolute atomic E-state index is 8.45. The Morgan fingerprint density at radius 1 is 1.07 bits per heavy atom. The van der Waals surface area contributed by atoms with Crippen molar-refractivity contribution in [2.45, 2.75) is 0 Å². The normalized spacial score (nSPS) is 10.1. The summed E-state index contributed by atoms with van der Waals surface area (Å²) in [5.74, 6) is 0.845. The van der Waals surface area contributed by atoms with Crippen LogP contribution in [0.5, 0.6) is 5.75 Å². The molecule has 0 amide bonds. The maximum Gasteiger partial charge on any atom is 0.119 e. The second kappa shape index (κ2) is 7.03. The van der Waals surface area contributed by atoms with Crippen molar-refractivity contribution in [1.82, 2.24) is 0 Å². The van der Waals surface area contributed by atoms with Crippen LogP contribution < -0.4 is 4.74 Å². The number of ether oxygens (including phenoxy) is 2. The summed E-state index contributed by atoms with van der Waals surface area (Å²) in [6, 6.07) is 7.83. The molecule has 0 radical (unpaired) electrons. The minimum atomic E-state index is 0.0591. The molecule has 0 atom stereocenters. The molecule has 0 aliphatic rings. The van der Waals surface area contributed by atoms with Crippen LogP contribution in [-0.2, 0) is 4.74 Å². The van der Waals surface area contributed by atoms with Gasteiger partial charge in [0.15, 0.2) is 0 Å². The molecule has 1 N–H and O–H groups in total. The molecule has 1 aromatic rings. The van der Waals surface area contributed by atoms with Crippen molar-refractivity contribution >= 4 is 22.6 Å². The van der Waals surface area contributed by atoms with E-state index >= 15 is 0 Å². The zero-order valence-corrected chi connectivity index (χ0v) is 9.94. The van der Waals surface area contributed by atoms with Gasteiger partial charge in [0.05, 0.1) is 19.8 Å². The third-order valence-electron chi connectivity index (χ3n) is 1.55. The highest BCUT2D eigenvalue weighted by atomic mass is 127. The van der Waals surface area contributed by atoms with Crippen molar-refractivity contribution in [3.8, 4) is 5.75 Å². The van der Waals surface area contributed by atoms with E-state index in [9.17, 15) is 0 Å². The molecular formula is C10H13IO3. The SMILES string of the molecule is OCCOCCOc1ccc(I)cc1. The van der Waals surface area contributed by atoms with E-state index in [-0.39, 0.29) is 6.61 Å². The molecule has 0 aliphatic heterocycles. The van der Waals surface area contributed by atoms with Crippen LogP contribution in [-0.4, -0.2) is 31.5 Å². The van der Waals surface area contributed by atoms with Crippen molar-refractivity contribution in [2.24, 2.45) is 0 Å². The first-order valence-electron chi connectivity index (χ1n) is 4.40. The first-order chi connectivity index (χ1) is 6.83. The van der Waals surface area contributed by atoms with E-state index < -0.39 is 0 Å². The Kier molecular flexibility index (Phi) is 5.89. The van der Waals surface area contributed by atoms with Gasteiger partial charge in [0.1, 0.15) is 12.4 Å². The summed E-state index contributed by atoms with van der Waals surface area (Å²) >= 11 is 2.24. The van der Waals surface area contributed by atoms with E-state index in [1.807, 2.05) is 24.3 Å². The van der Waals surface area contributed by atoms with E-state index in [0.29, 0.717) is 19.8 Å². The smallest absolute Gasteiger partial charge is 0.119 e. The Bertz CT molecular complexity index is 248. The lowest BCUT2D eigenvalue weighted by atomic mass is 10.3. The average Bonchev–Trinajstić information content (AvgIpc) is 2.21. The fourth-order valence-corrected chi connectivity index (χ4v) is 1.28. The van der Waals surface area contributed by atoms with Gasteiger partial charge in [0.25, 0.3) is 0 Å². The molecule has 0 unspecified atom stereocenters. The molecule has 0 saturated heterocycles. The molecule has 78 valence electrons. The van der Waals surface area contributed by atoms with E-state index in [2.05, 4.69) is 22.6 Å². The molecule has 0 fully saturated rings. The van der Waals surface area contributed by atoms with Gasteiger partial charge in [-0.15, -0.1) is 0 Å². The van der Waals surface area contributed by atoms with E-state index in [1.54, 1.807) is 0 Å². The fraction of sp³-hybridized carbons (Fsp3) is 0.400. The first kappa shape index (κ1) is 11.7. The largest absolute Gasteiger partial charge is 0.491 e. The summed E-state index contributed by atoms with van der Waals surface area (Å²) in [7, 11) is 0. The molecule has 0 heterocycles. The number of hydrogen-bond donors (Lipinski definition) is 1. The molecule has 0 aromatic heterocycles. The van der Waals surface area contributed by atoms with Crippen molar-refractivity contribution in [3.05, 3.63) is 27.8 Å². The van der Waals surface area contributed by atoms with Gasteiger partial charge < -0.3 is 14.6 Å². The fourth-order valence-electron chi connectivity index (χ4n) is 0.916. The van der Waals surface area contributed by atoms with Gasteiger partial charge in [-0.1, -0.05) is 0 Å². The monoisotopic (exact) mass is 308 g/mol. The zero-order valence-electron chi connectivity index (χ0n) is 7.78. The Morgan fingerprint density at radius 3 is 2.43 bits per heavy atom. The third-order valence-corrected chi connectivity index (χ3v) is 2.26. The summed E-state index contributed by atoms with van der Waals surface area (Å²) in [6.07, 6.45) is 0. The van der Waals surface area contributed by atoms with Gasteiger partial charge in [-0.05, 0) is 46.9 Å². The second-order valence-electron chi connectivity index (χ2n) is 2.64. The molecule has 0 spiro atoms. The average molecular weight is 308 g/mol. The van der Waals surface area contributed by atoms with Gasteiger partial charge in [-0.25, -0.2) is 0 Å². The van der Waals surface area contributed by atoms with Crippen LogP contribution in [0.2, 0.25) is 0 Å². The molecule has 1 rings (SSSR count). The molecule has 4 heteroatoms. The quantitative estimate of drug-likeness (QED) is 0.642. The first-order valence-corrected chi connectivity index (χ1v) is 5.48.